The second-order valence-electron chi connectivity index (χ2n) is 6.28. The molecule has 0 spiro atoms. The summed E-state index contributed by atoms with van der Waals surface area (Å²) >= 11 is 0. The lowest BCUT2D eigenvalue weighted by Gasteiger charge is -2.17. The Hall–Kier alpha value is -2.33. The molecule has 1 atom stereocenters. The summed E-state index contributed by atoms with van der Waals surface area (Å²) < 4.78 is 5.80. The molecule has 2 aromatic carbocycles. The van der Waals surface area contributed by atoms with Crippen LogP contribution in [0.2, 0.25) is 0 Å². The molecule has 4 heteroatoms. The van der Waals surface area contributed by atoms with Crippen LogP contribution in [0.25, 0.3) is 0 Å². The first kappa shape index (κ1) is 18.0. The van der Waals surface area contributed by atoms with Gasteiger partial charge in [0.25, 0.3) is 5.91 Å². The van der Waals surface area contributed by atoms with Crippen LogP contribution in [0.15, 0.2) is 54.6 Å². The van der Waals surface area contributed by atoms with E-state index in [1.165, 1.54) is 0 Å². The number of carbonyl (C=O) groups is 1. The second kappa shape index (κ2) is 9.08. The second-order valence-corrected chi connectivity index (χ2v) is 6.28. The molecule has 0 heterocycles. The van der Waals surface area contributed by atoms with E-state index >= 15 is 0 Å². The van der Waals surface area contributed by atoms with Gasteiger partial charge in [0, 0.05) is 0 Å². The minimum absolute atomic E-state index is 0.460. The van der Waals surface area contributed by atoms with Gasteiger partial charge in [0.15, 0.2) is 0 Å². The summed E-state index contributed by atoms with van der Waals surface area (Å²) in [5, 5.41) is 9.09. The highest BCUT2D eigenvalue weighted by atomic mass is 16.5. The maximum absolute atomic E-state index is 12.2. The van der Waals surface area contributed by atoms with Crippen LogP contribution in [0.3, 0.4) is 0 Å². The number of amides is 1. The predicted octanol–water partition coefficient (Wildman–Crippen LogP) is 4.14. The maximum Gasteiger partial charge on any atom is 0.255 e. The smallest absolute Gasteiger partial charge is 0.255 e. The Morgan fingerprint density at radius 1 is 1.08 bits per heavy atom. The Balaban J connectivity index is 2.15. The fraction of sp³-hybridized carbons (Fsp3) is 0.350. The number of rotatable bonds is 8. The number of hydrogen-bond acceptors (Lipinski definition) is 3. The molecule has 1 unspecified atom stereocenters. The van der Waals surface area contributed by atoms with Crippen LogP contribution in [0.4, 0.5) is 0 Å². The first-order valence-corrected chi connectivity index (χ1v) is 8.33. The van der Waals surface area contributed by atoms with Crippen LogP contribution in [0, 0.1) is 5.92 Å². The van der Waals surface area contributed by atoms with Gasteiger partial charge in [-0.25, -0.2) is 5.48 Å². The van der Waals surface area contributed by atoms with Crippen molar-refractivity contribution in [2.24, 2.45) is 5.92 Å². The Labute approximate surface area is 143 Å². The molecule has 128 valence electrons. The van der Waals surface area contributed by atoms with Crippen molar-refractivity contribution < 1.29 is 14.7 Å². The molecule has 4 nitrogen and oxygen atoms in total. The molecule has 2 rings (SSSR count). The molecule has 0 fully saturated rings. The van der Waals surface area contributed by atoms with Gasteiger partial charge in [-0.15, -0.1) is 0 Å². The van der Waals surface area contributed by atoms with E-state index in [4.69, 9.17) is 9.94 Å². The monoisotopic (exact) mass is 327 g/mol. The largest absolute Gasteiger partial charge is 0.494 e. The highest BCUT2D eigenvalue weighted by molar-refractivity contribution is 5.86. The van der Waals surface area contributed by atoms with E-state index in [2.05, 4.69) is 13.8 Å². The molecular formula is C20H25NO3. The lowest BCUT2D eigenvalue weighted by Crippen LogP contribution is -2.27. The Morgan fingerprint density at radius 3 is 2.46 bits per heavy atom. The average Bonchev–Trinajstić information content (AvgIpc) is 2.60. The Bertz CT molecular complexity index is 640. The number of hydroxylamine groups is 1. The predicted molar refractivity (Wildman–Crippen MR) is 94.2 cm³/mol. The molecule has 0 aliphatic rings. The minimum Gasteiger partial charge on any atom is -0.494 e. The molecular weight excluding hydrogens is 302 g/mol. The lowest BCUT2D eigenvalue weighted by molar-refractivity contribution is -0.129. The van der Waals surface area contributed by atoms with Gasteiger partial charge in [-0.1, -0.05) is 56.3 Å². The van der Waals surface area contributed by atoms with Crippen molar-refractivity contribution in [1.82, 2.24) is 5.48 Å². The van der Waals surface area contributed by atoms with Crippen molar-refractivity contribution >= 4 is 5.91 Å². The van der Waals surface area contributed by atoms with E-state index in [0.717, 1.165) is 29.7 Å². The number of hydrogen-bond donors (Lipinski definition) is 2. The summed E-state index contributed by atoms with van der Waals surface area (Å²) in [6.45, 7) is 5.04. The quantitative estimate of drug-likeness (QED) is 0.435. The van der Waals surface area contributed by atoms with Crippen LogP contribution in [0.5, 0.6) is 5.75 Å². The van der Waals surface area contributed by atoms with Gasteiger partial charge in [0.05, 0.1) is 12.5 Å². The third kappa shape index (κ3) is 5.10. The summed E-state index contributed by atoms with van der Waals surface area (Å²) in [6, 6.07) is 16.9. The molecule has 0 bridgehead atoms. The molecule has 0 aliphatic carbocycles. The lowest BCUT2D eigenvalue weighted by atomic mass is 9.90. The van der Waals surface area contributed by atoms with Crippen molar-refractivity contribution in [2.45, 2.75) is 32.6 Å². The number of benzene rings is 2. The maximum atomic E-state index is 12.2. The van der Waals surface area contributed by atoms with Crippen molar-refractivity contribution in [3.05, 3.63) is 65.7 Å². The van der Waals surface area contributed by atoms with Gasteiger partial charge in [-0.05, 0) is 42.0 Å². The highest BCUT2D eigenvalue weighted by Crippen LogP contribution is 2.27. The zero-order valence-electron chi connectivity index (χ0n) is 14.2. The molecule has 0 aliphatic heterocycles. The van der Waals surface area contributed by atoms with Crippen molar-refractivity contribution in [1.29, 1.82) is 0 Å². The normalized spacial score (nSPS) is 12.0. The molecule has 2 aromatic rings. The summed E-state index contributed by atoms with van der Waals surface area (Å²) in [4.78, 5) is 12.2. The zero-order chi connectivity index (χ0) is 17.4. The van der Waals surface area contributed by atoms with Crippen LogP contribution in [-0.2, 0) is 4.79 Å². The van der Waals surface area contributed by atoms with Crippen LogP contribution in [0.1, 0.15) is 43.7 Å². The van der Waals surface area contributed by atoms with E-state index in [1.54, 1.807) is 5.48 Å². The van der Waals surface area contributed by atoms with Crippen molar-refractivity contribution in [2.75, 3.05) is 6.61 Å². The SMILES string of the molecule is CC(C)CCCOc1cccc(C(C(=O)NO)c2ccccc2)c1. The van der Waals surface area contributed by atoms with Crippen molar-refractivity contribution in [3.63, 3.8) is 0 Å². The fourth-order valence-electron chi connectivity index (χ4n) is 2.67. The fourth-order valence-corrected chi connectivity index (χ4v) is 2.67. The van der Waals surface area contributed by atoms with Crippen LogP contribution < -0.4 is 10.2 Å². The molecule has 0 radical (unpaired) electrons. The van der Waals surface area contributed by atoms with E-state index in [1.807, 2.05) is 54.6 Å². The average molecular weight is 327 g/mol. The third-order valence-electron chi connectivity index (χ3n) is 3.89. The van der Waals surface area contributed by atoms with E-state index in [9.17, 15) is 4.79 Å². The molecule has 0 saturated carbocycles. The zero-order valence-corrected chi connectivity index (χ0v) is 14.2. The standard InChI is InChI=1S/C20H25NO3/c1-15(2)8-7-13-24-18-12-6-11-17(14-18)19(20(22)21-23)16-9-4-3-5-10-16/h3-6,9-12,14-15,19,23H,7-8,13H2,1-2H3,(H,21,22). The van der Waals surface area contributed by atoms with Crippen LogP contribution >= 0.6 is 0 Å². The van der Waals surface area contributed by atoms with Gasteiger partial charge < -0.3 is 4.74 Å². The van der Waals surface area contributed by atoms with Crippen LogP contribution in [-0.4, -0.2) is 17.7 Å². The number of carbonyl (C=O) groups excluding carboxylic acids is 1. The van der Waals surface area contributed by atoms with Gasteiger partial charge >= 0.3 is 0 Å². The third-order valence-corrected chi connectivity index (χ3v) is 3.89. The Kier molecular flexibility index (Phi) is 6.82. The summed E-state index contributed by atoms with van der Waals surface area (Å²) in [7, 11) is 0. The Morgan fingerprint density at radius 2 is 1.79 bits per heavy atom. The first-order chi connectivity index (χ1) is 11.6. The van der Waals surface area contributed by atoms with E-state index in [0.29, 0.717) is 12.5 Å². The number of nitrogens with one attached hydrogen (secondary N) is 1. The first-order valence-electron chi connectivity index (χ1n) is 8.33. The van der Waals surface area contributed by atoms with Gasteiger partial charge in [-0.2, -0.15) is 0 Å². The van der Waals surface area contributed by atoms with Gasteiger partial charge in [-0.3, -0.25) is 10.0 Å². The number of ether oxygens (including phenoxy) is 1. The summed E-state index contributed by atoms with van der Waals surface area (Å²) in [5.74, 6) is 0.368. The van der Waals surface area contributed by atoms with Crippen molar-refractivity contribution in [3.8, 4) is 5.75 Å². The minimum atomic E-state index is -0.574. The molecule has 0 saturated heterocycles. The van der Waals surface area contributed by atoms with Gasteiger partial charge in [0.1, 0.15) is 5.75 Å². The summed E-state index contributed by atoms with van der Waals surface area (Å²) in [6.07, 6.45) is 2.13. The molecule has 24 heavy (non-hydrogen) atoms. The molecule has 0 aromatic heterocycles. The highest BCUT2D eigenvalue weighted by Gasteiger charge is 2.22. The topological polar surface area (TPSA) is 58.6 Å². The molecule has 2 N–H and O–H groups in total. The van der Waals surface area contributed by atoms with Gasteiger partial charge in [0.2, 0.25) is 0 Å². The van der Waals surface area contributed by atoms with E-state index in [-0.39, 0.29) is 0 Å². The van der Waals surface area contributed by atoms with E-state index < -0.39 is 11.8 Å². The summed E-state index contributed by atoms with van der Waals surface area (Å²) in [5.41, 5.74) is 3.37. The molecule has 1 amide bonds.